The number of nitrogens with one attached hydrogen (secondary N) is 2. The van der Waals surface area contributed by atoms with Gasteiger partial charge in [-0.15, -0.1) is 0 Å². The summed E-state index contributed by atoms with van der Waals surface area (Å²) in [7, 11) is -2.17. The number of hydrogen-bond acceptors (Lipinski definition) is 4. The van der Waals surface area contributed by atoms with E-state index in [0.29, 0.717) is 18.1 Å². The maximum absolute atomic E-state index is 12.1. The zero-order valence-corrected chi connectivity index (χ0v) is 12.6. The van der Waals surface area contributed by atoms with Gasteiger partial charge in [0.25, 0.3) is 0 Å². The van der Waals surface area contributed by atoms with Crippen LogP contribution in [0.4, 0.5) is 0 Å². The molecule has 0 bridgehead atoms. The van der Waals surface area contributed by atoms with Crippen molar-refractivity contribution in [1.82, 2.24) is 10.0 Å². The summed E-state index contributed by atoms with van der Waals surface area (Å²) in [5.41, 5.74) is 0. The van der Waals surface area contributed by atoms with Crippen LogP contribution in [-0.4, -0.2) is 35.2 Å². The first-order valence-corrected chi connectivity index (χ1v) is 7.91. The monoisotopic (exact) mass is 306 g/mol. The number of hydrogen-bond donors (Lipinski definition) is 2. The Kier molecular flexibility index (Phi) is 6.57. The molecule has 108 valence electrons. The minimum absolute atomic E-state index is 0.0925. The van der Waals surface area contributed by atoms with Crippen LogP contribution in [0.5, 0.6) is 5.75 Å². The minimum atomic E-state index is -3.58. The van der Waals surface area contributed by atoms with Crippen LogP contribution in [-0.2, 0) is 10.0 Å². The lowest BCUT2D eigenvalue weighted by Gasteiger charge is -2.11. The van der Waals surface area contributed by atoms with Gasteiger partial charge in [0.15, 0.2) is 0 Å². The van der Waals surface area contributed by atoms with Gasteiger partial charge in [0.05, 0.1) is 7.11 Å². The van der Waals surface area contributed by atoms with Gasteiger partial charge >= 0.3 is 0 Å². The molecule has 0 aliphatic heterocycles. The summed E-state index contributed by atoms with van der Waals surface area (Å²) in [6.45, 7) is 3.83. The molecule has 0 unspecified atom stereocenters. The Hall–Kier alpha value is -0.820. The van der Waals surface area contributed by atoms with E-state index < -0.39 is 10.0 Å². The van der Waals surface area contributed by atoms with Crippen LogP contribution in [0.1, 0.15) is 13.3 Å². The van der Waals surface area contributed by atoms with E-state index in [4.69, 9.17) is 16.3 Å². The second kappa shape index (κ2) is 7.69. The predicted molar refractivity (Wildman–Crippen MR) is 76.4 cm³/mol. The molecule has 0 spiro atoms. The molecule has 19 heavy (non-hydrogen) atoms. The van der Waals surface area contributed by atoms with E-state index in [2.05, 4.69) is 17.0 Å². The van der Waals surface area contributed by atoms with Gasteiger partial charge in [0.2, 0.25) is 10.0 Å². The molecule has 0 radical (unpaired) electrons. The molecule has 0 aromatic heterocycles. The second-order valence-electron chi connectivity index (χ2n) is 3.94. The standard InChI is InChI=1S/C12H19ClN2O3S/c1-3-6-14-7-8-15-19(16,17)12-5-4-10(13)9-11(12)18-2/h4-5,9,14-15H,3,6-8H2,1-2H3. The predicted octanol–water partition coefficient (Wildman–Crippen LogP) is 1.63. The number of benzene rings is 1. The molecule has 0 saturated carbocycles. The number of halogens is 1. The maximum Gasteiger partial charge on any atom is 0.244 e. The van der Waals surface area contributed by atoms with Gasteiger partial charge in [0.1, 0.15) is 10.6 Å². The Labute approximate surface area is 119 Å². The van der Waals surface area contributed by atoms with Crippen molar-refractivity contribution in [3.63, 3.8) is 0 Å². The lowest BCUT2D eigenvalue weighted by Crippen LogP contribution is -2.32. The molecule has 2 N–H and O–H groups in total. The van der Waals surface area contributed by atoms with Gasteiger partial charge in [-0.05, 0) is 25.1 Å². The molecule has 0 aliphatic carbocycles. The zero-order valence-electron chi connectivity index (χ0n) is 11.1. The first-order valence-electron chi connectivity index (χ1n) is 6.05. The molecular formula is C12H19ClN2O3S. The van der Waals surface area contributed by atoms with E-state index in [1.54, 1.807) is 0 Å². The van der Waals surface area contributed by atoms with Gasteiger partial charge in [-0.2, -0.15) is 0 Å². The van der Waals surface area contributed by atoms with Crippen LogP contribution in [0.25, 0.3) is 0 Å². The molecule has 0 amide bonds. The largest absolute Gasteiger partial charge is 0.495 e. The third-order valence-corrected chi connectivity index (χ3v) is 4.17. The van der Waals surface area contributed by atoms with Crippen LogP contribution in [0, 0.1) is 0 Å². The van der Waals surface area contributed by atoms with E-state index in [0.717, 1.165) is 13.0 Å². The summed E-state index contributed by atoms with van der Waals surface area (Å²) in [5.74, 6) is 0.238. The van der Waals surface area contributed by atoms with Crippen molar-refractivity contribution in [1.29, 1.82) is 0 Å². The van der Waals surface area contributed by atoms with E-state index >= 15 is 0 Å². The molecule has 0 aliphatic rings. The Morgan fingerprint density at radius 2 is 2.00 bits per heavy atom. The number of rotatable bonds is 8. The third kappa shape index (κ3) is 4.99. The van der Waals surface area contributed by atoms with E-state index in [1.807, 2.05) is 0 Å². The first kappa shape index (κ1) is 16.2. The van der Waals surface area contributed by atoms with E-state index in [9.17, 15) is 8.42 Å². The molecule has 0 atom stereocenters. The Bertz CT molecular complexity index is 506. The van der Waals surface area contributed by atoms with Crippen molar-refractivity contribution in [2.75, 3.05) is 26.7 Å². The molecule has 1 aromatic rings. The highest BCUT2D eigenvalue weighted by Crippen LogP contribution is 2.26. The second-order valence-corrected chi connectivity index (χ2v) is 6.11. The topological polar surface area (TPSA) is 67.4 Å². The Balaban J connectivity index is 2.72. The molecule has 1 aromatic carbocycles. The number of methoxy groups -OCH3 is 1. The highest BCUT2D eigenvalue weighted by molar-refractivity contribution is 7.89. The summed E-state index contributed by atoms with van der Waals surface area (Å²) in [5, 5.41) is 3.55. The van der Waals surface area contributed by atoms with Crippen molar-refractivity contribution < 1.29 is 13.2 Å². The summed E-state index contributed by atoms with van der Waals surface area (Å²) >= 11 is 5.80. The number of sulfonamides is 1. The highest BCUT2D eigenvalue weighted by atomic mass is 35.5. The van der Waals surface area contributed by atoms with Crippen molar-refractivity contribution in [2.45, 2.75) is 18.2 Å². The summed E-state index contributed by atoms with van der Waals surface area (Å²) < 4.78 is 31.7. The molecule has 7 heteroatoms. The van der Waals surface area contributed by atoms with E-state index in [1.165, 1.54) is 25.3 Å². The van der Waals surface area contributed by atoms with Crippen molar-refractivity contribution in [3.8, 4) is 5.75 Å². The van der Waals surface area contributed by atoms with Crippen LogP contribution < -0.4 is 14.8 Å². The summed E-state index contributed by atoms with van der Waals surface area (Å²) in [6.07, 6.45) is 1.01. The van der Waals surface area contributed by atoms with Crippen molar-refractivity contribution >= 4 is 21.6 Å². The molecule has 0 saturated heterocycles. The van der Waals surface area contributed by atoms with Gasteiger partial charge in [0, 0.05) is 24.2 Å². The van der Waals surface area contributed by atoms with Crippen LogP contribution in [0.2, 0.25) is 5.02 Å². The Morgan fingerprint density at radius 1 is 1.26 bits per heavy atom. The minimum Gasteiger partial charge on any atom is -0.495 e. The molecule has 0 heterocycles. The molecule has 0 fully saturated rings. The van der Waals surface area contributed by atoms with Gasteiger partial charge in [-0.3, -0.25) is 0 Å². The third-order valence-electron chi connectivity index (χ3n) is 2.44. The lowest BCUT2D eigenvalue weighted by atomic mass is 10.3. The average Bonchev–Trinajstić information content (AvgIpc) is 2.38. The smallest absolute Gasteiger partial charge is 0.244 e. The fourth-order valence-electron chi connectivity index (χ4n) is 1.52. The normalized spacial score (nSPS) is 11.5. The Morgan fingerprint density at radius 3 is 2.63 bits per heavy atom. The summed E-state index contributed by atoms with van der Waals surface area (Å²) in [6, 6.07) is 4.43. The van der Waals surface area contributed by atoms with Crippen LogP contribution in [0.15, 0.2) is 23.1 Å². The fraction of sp³-hybridized carbons (Fsp3) is 0.500. The van der Waals surface area contributed by atoms with Crippen LogP contribution >= 0.6 is 11.6 Å². The molecule has 5 nitrogen and oxygen atoms in total. The zero-order chi connectivity index (χ0) is 14.3. The van der Waals surface area contributed by atoms with Gasteiger partial charge in [-0.1, -0.05) is 18.5 Å². The van der Waals surface area contributed by atoms with Gasteiger partial charge in [-0.25, -0.2) is 13.1 Å². The maximum atomic E-state index is 12.1. The average molecular weight is 307 g/mol. The van der Waals surface area contributed by atoms with Gasteiger partial charge < -0.3 is 10.1 Å². The van der Waals surface area contributed by atoms with Crippen molar-refractivity contribution in [2.24, 2.45) is 0 Å². The van der Waals surface area contributed by atoms with E-state index in [-0.39, 0.29) is 10.6 Å². The lowest BCUT2D eigenvalue weighted by molar-refractivity contribution is 0.402. The number of ether oxygens (including phenoxy) is 1. The SMILES string of the molecule is CCCNCCNS(=O)(=O)c1ccc(Cl)cc1OC. The highest BCUT2D eigenvalue weighted by Gasteiger charge is 2.18. The van der Waals surface area contributed by atoms with Crippen LogP contribution in [0.3, 0.4) is 0 Å². The van der Waals surface area contributed by atoms with Crippen molar-refractivity contribution in [3.05, 3.63) is 23.2 Å². The summed E-state index contributed by atoms with van der Waals surface area (Å²) in [4.78, 5) is 0.0925. The quantitative estimate of drug-likeness (QED) is 0.716. The molecule has 1 rings (SSSR count). The fourth-order valence-corrected chi connectivity index (χ4v) is 2.86. The first-order chi connectivity index (χ1) is 9.01. The molecular weight excluding hydrogens is 288 g/mol.